The monoisotopic (exact) mass is 1040 g/mol. The zero-order valence-corrected chi connectivity index (χ0v) is 42.7. The summed E-state index contributed by atoms with van der Waals surface area (Å²) in [6.45, 7) is 0. The van der Waals surface area contributed by atoms with Crippen molar-refractivity contribution in [2.24, 2.45) is 0 Å². The largest absolute Gasteiger partial charge is 0.455 e. The van der Waals surface area contributed by atoms with Gasteiger partial charge in [-0.05, 0) is 178 Å². The summed E-state index contributed by atoms with van der Waals surface area (Å²) < 4.78 is 169. The minimum Gasteiger partial charge on any atom is -0.455 e. The Balaban J connectivity index is 0.000000168. The minimum atomic E-state index is -0.600. The van der Waals surface area contributed by atoms with Gasteiger partial charge in [0.2, 0.25) is 0 Å². The topological polar surface area (TPSA) is 13.1 Å². The van der Waals surface area contributed by atoms with Crippen molar-refractivity contribution in [3.63, 3.8) is 0 Å². The van der Waals surface area contributed by atoms with Crippen molar-refractivity contribution in [1.82, 2.24) is 0 Å². The first-order chi connectivity index (χ1) is 47.7. The van der Waals surface area contributed by atoms with Gasteiger partial charge in [0.1, 0.15) is 11.2 Å². The molecule has 0 N–H and O–H groups in total. The van der Waals surface area contributed by atoms with Gasteiger partial charge in [-0.2, -0.15) is 0 Å². The van der Waals surface area contributed by atoms with E-state index in [-0.39, 0.29) is 86.9 Å². The molecule has 0 aliphatic carbocycles. The zero-order valence-electron chi connectivity index (χ0n) is 60.7. The van der Waals surface area contributed by atoms with Gasteiger partial charge in [-0.3, -0.25) is 0 Å². The average molecular weight is 1040 g/mol. The molecule has 0 saturated heterocycles. The Morgan fingerprint density at radius 1 is 0.235 bits per heavy atom. The standard InChI is InChI=1S/C44H26.C36H22O/c1-2-6-27(7-3-1)34-24-35(37-20-16-32-14-12-28-8-4-10-30-18-22-39(37)43(32)41(28)30)26-36(25-34)38-21-17-33-15-13-29-9-5-11-31-19-23-40(38)44(33)42(29)31;1-2-12-24(13-3-1)33-26-15-6-8-17-28(26)34(29-18-9-7-16-27(29)33)30-19-10-20-32-35(30)31-22-21-23-11-4-5-14-25(23)36(31)37-32/h1-26H;1-22H/i4D,5D,8D,9D,10D,11D,12D,13D,14D,15D,16D,17D,18D,19D,20D,21D,22D,23D;. The molecule has 374 valence electrons. The fourth-order valence-corrected chi connectivity index (χ4v) is 12.4. The highest BCUT2D eigenvalue weighted by atomic mass is 16.3. The quantitative estimate of drug-likeness (QED) is 0.124. The van der Waals surface area contributed by atoms with Crippen molar-refractivity contribution in [3.05, 3.63) is 291 Å². The van der Waals surface area contributed by atoms with Crippen LogP contribution in [0.4, 0.5) is 0 Å². The van der Waals surface area contributed by atoms with Gasteiger partial charge in [-0.15, -0.1) is 0 Å². The van der Waals surface area contributed by atoms with Crippen LogP contribution in [-0.4, -0.2) is 0 Å². The van der Waals surface area contributed by atoms with Crippen LogP contribution in [0.1, 0.15) is 24.7 Å². The second-order valence-electron chi connectivity index (χ2n) is 20.3. The molecule has 0 fully saturated rings. The maximum absolute atomic E-state index is 9.48. The highest BCUT2D eigenvalue weighted by molar-refractivity contribution is 6.29. The van der Waals surface area contributed by atoms with E-state index in [9.17, 15) is 8.22 Å². The molecule has 0 aliphatic rings. The molecule has 0 atom stereocenters. The molecule has 0 aliphatic heterocycles. The van der Waals surface area contributed by atoms with Gasteiger partial charge in [0.05, 0.1) is 24.7 Å². The van der Waals surface area contributed by atoms with E-state index in [2.05, 4.69) is 133 Å². The molecule has 1 aromatic heterocycles. The lowest BCUT2D eigenvalue weighted by atomic mass is 9.85. The van der Waals surface area contributed by atoms with Crippen molar-refractivity contribution < 1.29 is 29.1 Å². The molecule has 0 unspecified atom stereocenters. The molecule has 18 rings (SSSR count). The lowest BCUT2D eigenvalue weighted by molar-refractivity contribution is 0.673. The molecule has 81 heavy (non-hydrogen) atoms. The van der Waals surface area contributed by atoms with E-state index >= 15 is 0 Å². The van der Waals surface area contributed by atoms with Crippen LogP contribution >= 0.6 is 0 Å². The molecule has 0 bridgehead atoms. The Hall–Kier alpha value is -10.6. The Labute approximate surface area is 492 Å². The Kier molecular flexibility index (Phi) is 6.90. The lowest BCUT2D eigenvalue weighted by Gasteiger charge is -2.18. The number of furan rings is 1. The van der Waals surface area contributed by atoms with Crippen LogP contribution in [0.15, 0.2) is 295 Å². The van der Waals surface area contributed by atoms with Crippen LogP contribution in [0.3, 0.4) is 0 Å². The van der Waals surface area contributed by atoms with E-state index in [0.29, 0.717) is 11.1 Å². The molecule has 0 radical (unpaired) electrons. The predicted molar refractivity (Wildman–Crippen MR) is 347 cm³/mol. The summed E-state index contributed by atoms with van der Waals surface area (Å²) in [5.74, 6) is 0. The summed E-state index contributed by atoms with van der Waals surface area (Å²) in [6, 6.07) is 51.8. The SMILES string of the molecule is [2H]c1c([2H])c2c([2H])c([2H])c3c([2H])c([2H])c(-c4cc(-c5ccccc5)cc(-c5c([2H])c([2H])c6c([2H])c([2H])c7c([2H])c([2H])c([2H])c8c([2H])c([2H])c5c6c78)c4)c4c([2H])c([2H])c(c1[2H])c2c34.c1ccc(-c2c3ccccc3c(-c3cccc4oc5c6ccccc6ccc5c34)c3ccccc23)cc1. The van der Waals surface area contributed by atoms with Crippen molar-refractivity contribution in [2.75, 3.05) is 0 Å². The van der Waals surface area contributed by atoms with Crippen molar-refractivity contribution in [3.8, 4) is 55.6 Å². The zero-order chi connectivity index (χ0) is 68.8. The van der Waals surface area contributed by atoms with Crippen molar-refractivity contribution in [2.45, 2.75) is 0 Å². The van der Waals surface area contributed by atoms with Crippen LogP contribution in [-0.2, 0) is 0 Å². The van der Waals surface area contributed by atoms with Crippen molar-refractivity contribution in [1.29, 1.82) is 0 Å². The fourth-order valence-electron chi connectivity index (χ4n) is 12.4. The third-order valence-corrected chi connectivity index (χ3v) is 15.9. The third kappa shape index (κ3) is 7.05. The molecule has 1 heteroatoms. The minimum absolute atomic E-state index is 0.00774. The molecule has 0 spiro atoms. The maximum atomic E-state index is 9.48. The lowest BCUT2D eigenvalue weighted by Crippen LogP contribution is -1.91. The maximum Gasteiger partial charge on any atom is 0.143 e. The summed E-state index contributed by atoms with van der Waals surface area (Å²) >= 11 is 0. The van der Waals surface area contributed by atoms with Crippen LogP contribution in [0.25, 0.3) is 175 Å². The van der Waals surface area contributed by atoms with Crippen LogP contribution < -0.4 is 0 Å². The second-order valence-corrected chi connectivity index (χ2v) is 20.3. The molecule has 0 amide bonds. The molecule has 18 aromatic rings. The normalized spacial score (nSPS) is 15.1. The van der Waals surface area contributed by atoms with E-state index in [1.165, 1.54) is 60.6 Å². The first-order valence-electron chi connectivity index (χ1n) is 35.6. The number of hydrogen-bond donors (Lipinski definition) is 0. The van der Waals surface area contributed by atoms with Gasteiger partial charge in [0.15, 0.2) is 0 Å². The van der Waals surface area contributed by atoms with Crippen LogP contribution in [0.2, 0.25) is 0 Å². The first kappa shape index (κ1) is 31.1. The van der Waals surface area contributed by atoms with Crippen molar-refractivity contribution >= 4 is 119 Å². The summed E-state index contributed by atoms with van der Waals surface area (Å²) in [7, 11) is 0. The van der Waals surface area contributed by atoms with E-state index in [1.807, 2.05) is 0 Å². The number of benzene rings is 17. The third-order valence-electron chi connectivity index (χ3n) is 15.9. The summed E-state index contributed by atoms with van der Waals surface area (Å²) in [4.78, 5) is 0. The first-order valence-corrected chi connectivity index (χ1v) is 26.6. The van der Waals surface area contributed by atoms with Crippen LogP contribution in [0, 0.1) is 0 Å². The molecule has 1 heterocycles. The van der Waals surface area contributed by atoms with Gasteiger partial charge < -0.3 is 4.42 Å². The molecular formula is C80H48O. The Morgan fingerprint density at radius 2 is 0.679 bits per heavy atom. The summed E-state index contributed by atoms with van der Waals surface area (Å²) in [5.41, 5.74) is 8.05. The molecule has 0 saturated carbocycles. The molecule has 17 aromatic carbocycles. The highest BCUT2D eigenvalue weighted by Crippen LogP contribution is 2.49. The van der Waals surface area contributed by atoms with Gasteiger partial charge in [-0.1, -0.05) is 260 Å². The van der Waals surface area contributed by atoms with Gasteiger partial charge in [0.25, 0.3) is 0 Å². The molecular weight excluding hydrogens is 977 g/mol. The number of fused-ring (bicyclic) bond motifs is 7. The number of hydrogen-bond acceptors (Lipinski definition) is 1. The number of rotatable bonds is 5. The van der Waals surface area contributed by atoms with Gasteiger partial charge in [0, 0.05) is 16.2 Å². The van der Waals surface area contributed by atoms with Crippen LogP contribution in [0.5, 0.6) is 0 Å². The average Bonchev–Trinajstić information content (AvgIpc) is 1.30. The van der Waals surface area contributed by atoms with E-state index in [0.717, 1.165) is 21.9 Å². The fraction of sp³-hybridized carbons (Fsp3) is 0. The van der Waals surface area contributed by atoms with Gasteiger partial charge in [-0.25, -0.2) is 0 Å². The Morgan fingerprint density at radius 3 is 1.23 bits per heavy atom. The summed E-state index contributed by atoms with van der Waals surface area (Å²) in [6.07, 6.45) is 0. The molecule has 1 nitrogen and oxygen atoms in total. The highest BCUT2D eigenvalue weighted by Gasteiger charge is 2.22. The second kappa shape index (κ2) is 18.0. The predicted octanol–water partition coefficient (Wildman–Crippen LogP) is 22.9. The smallest absolute Gasteiger partial charge is 0.143 e. The Bertz CT molecular complexity index is 6300. The summed E-state index contributed by atoms with van der Waals surface area (Å²) in [5, 5.41) is 8.17. The van der Waals surface area contributed by atoms with Gasteiger partial charge >= 0.3 is 0 Å². The van der Waals surface area contributed by atoms with E-state index < -0.39 is 109 Å². The van der Waals surface area contributed by atoms with E-state index in [4.69, 9.17) is 20.9 Å². The van der Waals surface area contributed by atoms with E-state index in [1.54, 1.807) is 42.5 Å².